The maximum absolute atomic E-state index is 12.1. The number of hydrogen-bond donors (Lipinski definition) is 2. The summed E-state index contributed by atoms with van der Waals surface area (Å²) >= 11 is 5.93. The maximum atomic E-state index is 12.1. The van der Waals surface area contributed by atoms with Crippen LogP contribution >= 0.6 is 11.6 Å². The van der Waals surface area contributed by atoms with Crippen molar-refractivity contribution in [2.45, 2.75) is 26.6 Å². The largest absolute Gasteiger partial charge is 0.347 e. The highest BCUT2D eigenvalue weighted by Crippen LogP contribution is 2.14. The average Bonchev–Trinajstić information content (AvgIpc) is 2.86. The van der Waals surface area contributed by atoms with E-state index < -0.39 is 0 Å². The molecule has 0 saturated heterocycles. The Morgan fingerprint density at radius 1 is 1.30 bits per heavy atom. The zero-order chi connectivity index (χ0) is 14.5. The third-order valence-electron chi connectivity index (χ3n) is 3.15. The number of carbonyl (C=O) groups is 1. The van der Waals surface area contributed by atoms with Gasteiger partial charge in [0.25, 0.3) is 5.91 Å². The van der Waals surface area contributed by atoms with Crippen LogP contribution in [0.2, 0.25) is 5.02 Å². The van der Waals surface area contributed by atoms with Gasteiger partial charge < -0.3 is 15.6 Å². The Morgan fingerprint density at radius 3 is 2.55 bits per heavy atom. The second-order valence-electron chi connectivity index (χ2n) is 4.53. The summed E-state index contributed by atoms with van der Waals surface area (Å²) in [6.45, 7) is 3.69. The monoisotopic (exact) mass is 291 g/mol. The van der Waals surface area contributed by atoms with Crippen LogP contribution in [0.4, 0.5) is 0 Å². The van der Waals surface area contributed by atoms with Gasteiger partial charge in [0.15, 0.2) is 0 Å². The molecule has 0 spiro atoms. The van der Waals surface area contributed by atoms with Crippen molar-refractivity contribution >= 4 is 17.5 Å². The van der Waals surface area contributed by atoms with Crippen molar-refractivity contribution in [3.63, 3.8) is 0 Å². The van der Waals surface area contributed by atoms with Gasteiger partial charge in [0.2, 0.25) is 0 Å². The lowest BCUT2D eigenvalue weighted by atomic mass is 10.1. The minimum atomic E-state index is -0.123. The summed E-state index contributed by atoms with van der Waals surface area (Å²) in [5.74, 6) is -0.123. The van der Waals surface area contributed by atoms with Gasteiger partial charge in [-0.1, -0.05) is 35.9 Å². The molecular formula is C15H18ClN3O. The van der Waals surface area contributed by atoms with E-state index in [2.05, 4.69) is 5.32 Å². The number of benzene rings is 1. The standard InChI is InChI=1S/C15H18ClN3O/c1-2-19-10-13(16)7-14(19)15(20)18-9-12-5-3-11(8-17)4-6-12/h3-7,10H,2,8-9,17H2,1H3,(H,18,20). The van der Waals surface area contributed by atoms with Crippen molar-refractivity contribution in [1.82, 2.24) is 9.88 Å². The van der Waals surface area contributed by atoms with Crippen LogP contribution in [0.25, 0.3) is 0 Å². The normalized spacial score (nSPS) is 10.6. The van der Waals surface area contributed by atoms with Gasteiger partial charge >= 0.3 is 0 Å². The summed E-state index contributed by atoms with van der Waals surface area (Å²) < 4.78 is 1.83. The van der Waals surface area contributed by atoms with E-state index in [9.17, 15) is 4.79 Å². The number of nitrogens with zero attached hydrogens (tertiary/aromatic N) is 1. The smallest absolute Gasteiger partial charge is 0.268 e. The molecule has 0 aliphatic rings. The van der Waals surface area contributed by atoms with Crippen LogP contribution in [0.5, 0.6) is 0 Å². The molecule has 0 bridgehead atoms. The Kier molecular flexibility index (Phi) is 4.82. The van der Waals surface area contributed by atoms with Crippen LogP contribution in [0.15, 0.2) is 36.5 Å². The van der Waals surface area contributed by atoms with Crippen molar-refractivity contribution in [2.75, 3.05) is 0 Å². The molecular weight excluding hydrogens is 274 g/mol. The summed E-state index contributed by atoms with van der Waals surface area (Å²) in [5.41, 5.74) is 8.24. The molecule has 106 valence electrons. The molecule has 1 aromatic heterocycles. The van der Waals surface area contributed by atoms with Crippen molar-refractivity contribution in [3.05, 3.63) is 58.4 Å². The van der Waals surface area contributed by atoms with Gasteiger partial charge in [0, 0.05) is 25.8 Å². The van der Waals surface area contributed by atoms with E-state index in [1.54, 1.807) is 12.3 Å². The number of amides is 1. The molecule has 1 amide bonds. The summed E-state index contributed by atoms with van der Waals surface area (Å²) in [7, 11) is 0. The lowest BCUT2D eigenvalue weighted by molar-refractivity contribution is 0.0942. The Balaban J connectivity index is 2.00. The Labute approximate surface area is 123 Å². The molecule has 0 radical (unpaired) electrons. The third-order valence-corrected chi connectivity index (χ3v) is 3.35. The van der Waals surface area contributed by atoms with E-state index in [1.165, 1.54) is 0 Å². The summed E-state index contributed by atoms with van der Waals surface area (Å²) in [6.07, 6.45) is 1.76. The van der Waals surface area contributed by atoms with E-state index in [-0.39, 0.29) is 5.91 Å². The lowest BCUT2D eigenvalue weighted by Gasteiger charge is -2.08. The molecule has 1 heterocycles. The second kappa shape index (κ2) is 6.59. The van der Waals surface area contributed by atoms with E-state index in [1.807, 2.05) is 35.8 Å². The average molecular weight is 292 g/mol. The van der Waals surface area contributed by atoms with Crippen LogP contribution in [-0.2, 0) is 19.6 Å². The molecule has 20 heavy (non-hydrogen) atoms. The number of rotatable bonds is 5. The summed E-state index contributed by atoms with van der Waals surface area (Å²) in [4.78, 5) is 12.1. The quantitative estimate of drug-likeness (QED) is 0.889. The fourth-order valence-corrected chi connectivity index (χ4v) is 2.21. The zero-order valence-electron chi connectivity index (χ0n) is 11.4. The first-order valence-electron chi connectivity index (χ1n) is 6.55. The molecule has 5 heteroatoms. The Hall–Kier alpha value is -1.78. The molecule has 1 aromatic carbocycles. The van der Waals surface area contributed by atoms with E-state index >= 15 is 0 Å². The molecule has 0 aliphatic carbocycles. The highest BCUT2D eigenvalue weighted by Gasteiger charge is 2.11. The van der Waals surface area contributed by atoms with Crippen LogP contribution in [0.3, 0.4) is 0 Å². The molecule has 0 aliphatic heterocycles. The number of carbonyl (C=O) groups excluding carboxylic acids is 1. The molecule has 0 unspecified atom stereocenters. The van der Waals surface area contributed by atoms with Crippen LogP contribution < -0.4 is 11.1 Å². The van der Waals surface area contributed by atoms with E-state index in [0.717, 1.165) is 11.1 Å². The van der Waals surface area contributed by atoms with Gasteiger partial charge in [-0.25, -0.2) is 0 Å². The zero-order valence-corrected chi connectivity index (χ0v) is 12.2. The Bertz CT molecular complexity index is 590. The maximum Gasteiger partial charge on any atom is 0.268 e. The fourth-order valence-electron chi connectivity index (χ4n) is 1.99. The van der Waals surface area contributed by atoms with Gasteiger partial charge in [-0.15, -0.1) is 0 Å². The van der Waals surface area contributed by atoms with Crippen LogP contribution in [0.1, 0.15) is 28.5 Å². The first-order chi connectivity index (χ1) is 9.63. The SMILES string of the molecule is CCn1cc(Cl)cc1C(=O)NCc1ccc(CN)cc1. The minimum Gasteiger partial charge on any atom is -0.347 e. The van der Waals surface area contributed by atoms with E-state index in [0.29, 0.717) is 30.4 Å². The van der Waals surface area contributed by atoms with Gasteiger partial charge in [0.05, 0.1) is 5.02 Å². The molecule has 3 N–H and O–H groups in total. The van der Waals surface area contributed by atoms with Gasteiger partial charge in [0.1, 0.15) is 5.69 Å². The predicted octanol–water partition coefficient (Wildman–Crippen LogP) is 2.55. The molecule has 4 nitrogen and oxygen atoms in total. The molecule has 0 fully saturated rings. The number of nitrogens with two attached hydrogens (primary N) is 1. The van der Waals surface area contributed by atoms with Crippen molar-refractivity contribution < 1.29 is 4.79 Å². The van der Waals surface area contributed by atoms with Gasteiger partial charge in [-0.05, 0) is 24.1 Å². The van der Waals surface area contributed by atoms with Crippen molar-refractivity contribution in [2.24, 2.45) is 5.73 Å². The minimum absolute atomic E-state index is 0.123. The van der Waals surface area contributed by atoms with Crippen molar-refractivity contribution in [1.29, 1.82) is 0 Å². The third kappa shape index (κ3) is 3.40. The first-order valence-corrected chi connectivity index (χ1v) is 6.93. The molecule has 0 saturated carbocycles. The summed E-state index contributed by atoms with van der Waals surface area (Å²) in [6, 6.07) is 9.54. The van der Waals surface area contributed by atoms with Gasteiger partial charge in [-0.2, -0.15) is 0 Å². The number of nitrogens with one attached hydrogen (secondary N) is 1. The van der Waals surface area contributed by atoms with Crippen molar-refractivity contribution in [3.8, 4) is 0 Å². The fraction of sp³-hybridized carbons (Fsp3) is 0.267. The number of hydrogen-bond acceptors (Lipinski definition) is 2. The number of aromatic nitrogens is 1. The highest BCUT2D eigenvalue weighted by atomic mass is 35.5. The molecule has 2 rings (SSSR count). The number of halogens is 1. The topological polar surface area (TPSA) is 60.0 Å². The first kappa shape index (κ1) is 14.6. The van der Waals surface area contributed by atoms with Gasteiger partial charge in [-0.3, -0.25) is 4.79 Å². The lowest BCUT2D eigenvalue weighted by Crippen LogP contribution is -2.25. The van der Waals surface area contributed by atoms with Crippen LogP contribution in [0, 0.1) is 0 Å². The molecule has 0 atom stereocenters. The number of aryl methyl sites for hydroxylation is 1. The highest BCUT2D eigenvalue weighted by molar-refractivity contribution is 6.31. The van der Waals surface area contributed by atoms with Crippen LogP contribution in [-0.4, -0.2) is 10.5 Å². The summed E-state index contributed by atoms with van der Waals surface area (Å²) in [5, 5.41) is 3.46. The second-order valence-corrected chi connectivity index (χ2v) is 4.97. The Morgan fingerprint density at radius 2 is 1.95 bits per heavy atom. The molecule has 2 aromatic rings. The predicted molar refractivity (Wildman–Crippen MR) is 80.6 cm³/mol. The van der Waals surface area contributed by atoms with E-state index in [4.69, 9.17) is 17.3 Å².